The maximum absolute atomic E-state index is 12.8. The van der Waals surface area contributed by atoms with E-state index >= 15 is 0 Å². The summed E-state index contributed by atoms with van der Waals surface area (Å²) in [6, 6.07) is -0.0943. The standard InChI is InChI=1S/C12H20F3NO/c1-4-17-9-7-8(10(9,2)3)16-11(5-6-11)12(13,14)15/h8-9,16H,4-7H2,1-3H3. The second-order valence-electron chi connectivity index (χ2n) is 5.78. The average molecular weight is 251 g/mol. The quantitative estimate of drug-likeness (QED) is 0.829. The van der Waals surface area contributed by atoms with Gasteiger partial charge in [-0.15, -0.1) is 0 Å². The number of hydrogen-bond donors (Lipinski definition) is 1. The Morgan fingerprint density at radius 1 is 1.29 bits per heavy atom. The minimum Gasteiger partial charge on any atom is -0.378 e. The van der Waals surface area contributed by atoms with E-state index in [1.807, 2.05) is 20.8 Å². The molecule has 0 aliphatic heterocycles. The van der Waals surface area contributed by atoms with E-state index in [4.69, 9.17) is 4.74 Å². The van der Waals surface area contributed by atoms with E-state index in [1.54, 1.807) is 0 Å². The van der Waals surface area contributed by atoms with Gasteiger partial charge < -0.3 is 10.1 Å². The highest BCUT2D eigenvalue weighted by molar-refractivity contribution is 5.14. The Labute approximate surface area is 99.9 Å². The Morgan fingerprint density at radius 3 is 2.24 bits per heavy atom. The lowest BCUT2D eigenvalue weighted by molar-refractivity contribution is -0.184. The van der Waals surface area contributed by atoms with Gasteiger partial charge in [-0.05, 0) is 26.2 Å². The van der Waals surface area contributed by atoms with Crippen molar-refractivity contribution in [2.75, 3.05) is 6.61 Å². The van der Waals surface area contributed by atoms with Crippen LogP contribution in [-0.2, 0) is 4.74 Å². The number of hydrogen-bond acceptors (Lipinski definition) is 2. The van der Waals surface area contributed by atoms with Crippen LogP contribution in [-0.4, -0.2) is 30.5 Å². The van der Waals surface area contributed by atoms with Gasteiger partial charge in [0.2, 0.25) is 0 Å². The van der Waals surface area contributed by atoms with Gasteiger partial charge in [0, 0.05) is 18.1 Å². The molecule has 100 valence electrons. The van der Waals surface area contributed by atoms with Gasteiger partial charge in [0.15, 0.2) is 0 Å². The Bertz CT molecular complexity index is 297. The maximum Gasteiger partial charge on any atom is 0.406 e. The van der Waals surface area contributed by atoms with Crippen LogP contribution in [0.25, 0.3) is 0 Å². The van der Waals surface area contributed by atoms with Gasteiger partial charge in [0.1, 0.15) is 5.54 Å². The molecule has 0 spiro atoms. The number of nitrogens with one attached hydrogen (secondary N) is 1. The lowest BCUT2D eigenvalue weighted by Crippen LogP contribution is -2.65. The summed E-state index contributed by atoms with van der Waals surface area (Å²) in [4.78, 5) is 0. The first-order chi connectivity index (χ1) is 7.73. The summed E-state index contributed by atoms with van der Waals surface area (Å²) in [6.45, 7) is 6.47. The lowest BCUT2D eigenvalue weighted by Gasteiger charge is -2.53. The molecule has 0 saturated heterocycles. The fourth-order valence-electron chi connectivity index (χ4n) is 2.58. The van der Waals surface area contributed by atoms with Crippen molar-refractivity contribution >= 4 is 0 Å². The zero-order valence-electron chi connectivity index (χ0n) is 10.5. The van der Waals surface area contributed by atoms with Gasteiger partial charge in [-0.1, -0.05) is 13.8 Å². The molecule has 0 aromatic carbocycles. The van der Waals surface area contributed by atoms with Gasteiger partial charge in [0.05, 0.1) is 6.10 Å². The van der Waals surface area contributed by atoms with Crippen molar-refractivity contribution in [2.45, 2.75) is 63.9 Å². The van der Waals surface area contributed by atoms with E-state index < -0.39 is 11.7 Å². The molecule has 5 heteroatoms. The van der Waals surface area contributed by atoms with Crippen molar-refractivity contribution in [1.82, 2.24) is 5.32 Å². The molecule has 0 aromatic heterocycles. The van der Waals surface area contributed by atoms with Crippen LogP contribution in [0.4, 0.5) is 13.2 Å². The van der Waals surface area contributed by atoms with Gasteiger partial charge in [-0.3, -0.25) is 0 Å². The SMILES string of the molecule is CCOC1CC(NC2(C(F)(F)F)CC2)C1(C)C. The van der Waals surface area contributed by atoms with E-state index in [1.165, 1.54) is 0 Å². The number of alkyl halides is 3. The topological polar surface area (TPSA) is 21.3 Å². The van der Waals surface area contributed by atoms with Crippen molar-refractivity contribution in [1.29, 1.82) is 0 Å². The molecule has 0 amide bonds. The third-order valence-corrected chi connectivity index (χ3v) is 4.29. The number of rotatable bonds is 4. The first-order valence-electron chi connectivity index (χ1n) is 6.19. The Kier molecular flexibility index (Phi) is 2.98. The van der Waals surface area contributed by atoms with Gasteiger partial charge in [0.25, 0.3) is 0 Å². The highest BCUT2D eigenvalue weighted by atomic mass is 19.4. The molecule has 0 aromatic rings. The monoisotopic (exact) mass is 251 g/mol. The van der Waals surface area contributed by atoms with Gasteiger partial charge >= 0.3 is 6.18 Å². The summed E-state index contributed by atoms with van der Waals surface area (Å²) >= 11 is 0. The smallest absolute Gasteiger partial charge is 0.378 e. The van der Waals surface area contributed by atoms with Crippen molar-refractivity contribution in [3.63, 3.8) is 0 Å². The molecule has 0 radical (unpaired) electrons. The molecule has 2 rings (SSSR count). The zero-order valence-corrected chi connectivity index (χ0v) is 10.5. The molecule has 2 nitrogen and oxygen atoms in total. The molecule has 2 atom stereocenters. The normalized spacial score (nSPS) is 34.2. The van der Waals surface area contributed by atoms with Crippen LogP contribution in [0.15, 0.2) is 0 Å². The van der Waals surface area contributed by atoms with E-state index in [2.05, 4.69) is 5.32 Å². The fraction of sp³-hybridized carbons (Fsp3) is 1.00. The van der Waals surface area contributed by atoms with Crippen molar-refractivity contribution in [3.05, 3.63) is 0 Å². The molecule has 2 unspecified atom stereocenters. The molecule has 2 aliphatic carbocycles. The first-order valence-corrected chi connectivity index (χ1v) is 6.19. The zero-order chi connectivity index (χ0) is 12.9. The summed E-state index contributed by atoms with van der Waals surface area (Å²) in [7, 11) is 0. The summed E-state index contributed by atoms with van der Waals surface area (Å²) in [6.07, 6.45) is -2.95. The summed E-state index contributed by atoms with van der Waals surface area (Å²) in [5, 5.41) is 2.82. The summed E-state index contributed by atoms with van der Waals surface area (Å²) in [5.41, 5.74) is -1.82. The predicted molar refractivity (Wildman–Crippen MR) is 58.8 cm³/mol. The summed E-state index contributed by atoms with van der Waals surface area (Å²) < 4.78 is 44.0. The third kappa shape index (κ3) is 2.08. The minimum atomic E-state index is -4.13. The van der Waals surface area contributed by atoms with Crippen LogP contribution in [0.2, 0.25) is 0 Å². The van der Waals surface area contributed by atoms with Gasteiger partial charge in [-0.25, -0.2) is 0 Å². The van der Waals surface area contributed by atoms with Gasteiger partial charge in [-0.2, -0.15) is 13.2 Å². The number of halogens is 3. The minimum absolute atomic E-state index is 0.0778. The van der Waals surface area contributed by atoms with Crippen LogP contribution >= 0.6 is 0 Å². The van der Waals surface area contributed by atoms with Crippen LogP contribution < -0.4 is 5.32 Å². The Balaban J connectivity index is 1.95. The average Bonchev–Trinajstić information content (AvgIpc) is 2.96. The van der Waals surface area contributed by atoms with Crippen molar-refractivity contribution < 1.29 is 17.9 Å². The van der Waals surface area contributed by atoms with E-state index in [0.29, 0.717) is 13.0 Å². The van der Waals surface area contributed by atoms with Crippen molar-refractivity contribution in [3.8, 4) is 0 Å². The molecule has 1 N–H and O–H groups in total. The highest BCUT2D eigenvalue weighted by Gasteiger charge is 2.66. The van der Waals surface area contributed by atoms with E-state index in [9.17, 15) is 13.2 Å². The second kappa shape index (κ2) is 3.85. The molecule has 2 saturated carbocycles. The molecular weight excluding hydrogens is 231 g/mol. The lowest BCUT2D eigenvalue weighted by atomic mass is 9.64. The highest BCUT2D eigenvalue weighted by Crippen LogP contribution is 2.52. The maximum atomic E-state index is 12.8. The first kappa shape index (κ1) is 13.1. The third-order valence-electron chi connectivity index (χ3n) is 4.29. The van der Waals surface area contributed by atoms with E-state index in [-0.39, 0.29) is 30.4 Å². The van der Waals surface area contributed by atoms with Crippen LogP contribution in [0, 0.1) is 5.41 Å². The molecule has 0 heterocycles. The molecule has 17 heavy (non-hydrogen) atoms. The predicted octanol–water partition coefficient (Wildman–Crippen LogP) is 2.87. The molecule has 2 fully saturated rings. The summed E-state index contributed by atoms with van der Waals surface area (Å²) in [5.74, 6) is 0. The second-order valence-corrected chi connectivity index (χ2v) is 5.78. The van der Waals surface area contributed by atoms with E-state index in [0.717, 1.165) is 0 Å². The molecule has 0 bridgehead atoms. The fourth-order valence-corrected chi connectivity index (χ4v) is 2.58. The largest absolute Gasteiger partial charge is 0.406 e. The van der Waals surface area contributed by atoms with Crippen LogP contribution in [0.5, 0.6) is 0 Å². The number of ether oxygens (including phenoxy) is 1. The Morgan fingerprint density at radius 2 is 1.88 bits per heavy atom. The van der Waals surface area contributed by atoms with Crippen LogP contribution in [0.3, 0.4) is 0 Å². The van der Waals surface area contributed by atoms with Crippen molar-refractivity contribution in [2.24, 2.45) is 5.41 Å². The molecular formula is C12H20F3NO. The molecule has 2 aliphatic rings. The Hall–Kier alpha value is -0.290. The van der Waals surface area contributed by atoms with Crippen LogP contribution in [0.1, 0.15) is 40.0 Å².